The maximum atomic E-state index is 12.4. The minimum Gasteiger partial charge on any atom is -0.398 e. The molecule has 0 atom stereocenters. The molecule has 14 heavy (non-hydrogen) atoms. The van der Waals surface area contributed by atoms with Crippen LogP contribution >= 0.6 is 23.2 Å². The van der Waals surface area contributed by atoms with Crippen molar-refractivity contribution < 1.29 is 13.2 Å². The van der Waals surface area contributed by atoms with Gasteiger partial charge in [-0.2, -0.15) is 13.2 Å². The Kier molecular flexibility index (Phi) is 3.17. The van der Waals surface area contributed by atoms with E-state index < -0.39 is 22.4 Å². The molecule has 0 amide bonds. The van der Waals surface area contributed by atoms with Crippen LogP contribution in [-0.2, 0) is 12.1 Å². The summed E-state index contributed by atoms with van der Waals surface area (Å²) in [5, 5.41) is -0.424. The number of benzene rings is 1. The van der Waals surface area contributed by atoms with Crippen LogP contribution < -0.4 is 5.73 Å². The second-order valence-electron chi connectivity index (χ2n) is 2.63. The first-order valence-corrected chi connectivity index (χ1v) is 4.49. The molecule has 78 valence electrons. The lowest BCUT2D eigenvalue weighted by molar-refractivity contribution is -0.136. The first-order valence-electron chi connectivity index (χ1n) is 3.58. The molecule has 0 aliphatic heterocycles. The van der Waals surface area contributed by atoms with E-state index >= 15 is 0 Å². The van der Waals surface area contributed by atoms with E-state index in [2.05, 4.69) is 0 Å². The van der Waals surface area contributed by atoms with Crippen LogP contribution in [0.2, 0.25) is 5.02 Å². The van der Waals surface area contributed by atoms with Crippen LogP contribution in [0.4, 0.5) is 18.9 Å². The summed E-state index contributed by atoms with van der Waals surface area (Å²) in [5.41, 5.74) is 3.99. The lowest BCUT2D eigenvalue weighted by Crippen LogP contribution is -2.10. The lowest BCUT2D eigenvalue weighted by Gasteiger charge is -2.13. The van der Waals surface area contributed by atoms with Crippen molar-refractivity contribution in [2.45, 2.75) is 12.1 Å². The van der Waals surface area contributed by atoms with Crippen molar-refractivity contribution >= 4 is 28.9 Å². The van der Waals surface area contributed by atoms with Crippen molar-refractivity contribution in [1.29, 1.82) is 0 Å². The highest BCUT2D eigenvalue weighted by Crippen LogP contribution is 2.40. The van der Waals surface area contributed by atoms with Crippen molar-refractivity contribution in [3.63, 3.8) is 0 Å². The summed E-state index contributed by atoms with van der Waals surface area (Å²) in [6.07, 6.45) is -4.55. The van der Waals surface area contributed by atoms with Gasteiger partial charge in [-0.3, -0.25) is 0 Å². The van der Waals surface area contributed by atoms with Crippen LogP contribution in [0.5, 0.6) is 0 Å². The van der Waals surface area contributed by atoms with Crippen molar-refractivity contribution in [3.8, 4) is 0 Å². The molecule has 0 spiro atoms. The fourth-order valence-electron chi connectivity index (χ4n) is 1.03. The Balaban J connectivity index is 3.40. The Morgan fingerprint density at radius 1 is 1.29 bits per heavy atom. The predicted octanol–water partition coefficient (Wildman–Crippen LogP) is 3.68. The molecule has 6 heteroatoms. The quantitative estimate of drug-likeness (QED) is 0.591. The summed E-state index contributed by atoms with van der Waals surface area (Å²) in [5.74, 6) is -0.0812. The molecular weight excluding hydrogens is 238 g/mol. The zero-order valence-corrected chi connectivity index (χ0v) is 8.34. The van der Waals surface area contributed by atoms with Gasteiger partial charge in [0.1, 0.15) is 0 Å². The van der Waals surface area contributed by atoms with Crippen molar-refractivity contribution in [1.82, 2.24) is 0 Å². The van der Waals surface area contributed by atoms with Crippen LogP contribution in [0, 0.1) is 0 Å². The monoisotopic (exact) mass is 243 g/mol. The van der Waals surface area contributed by atoms with Gasteiger partial charge in [-0.25, -0.2) is 0 Å². The van der Waals surface area contributed by atoms with Crippen molar-refractivity contribution in [2.75, 3.05) is 5.73 Å². The number of halogens is 5. The molecular formula is C8H6Cl2F3N. The normalized spacial score (nSPS) is 11.8. The van der Waals surface area contributed by atoms with E-state index in [1.807, 2.05) is 0 Å². The van der Waals surface area contributed by atoms with Gasteiger partial charge in [-0.05, 0) is 11.6 Å². The largest absolute Gasteiger partial charge is 0.419 e. The third kappa shape index (κ3) is 2.07. The maximum absolute atomic E-state index is 12.4. The standard InChI is InChI=1S/C8H6Cl2F3N/c9-3-4-1-2-5(14)6(7(4)10)8(11,12)13/h1-2H,3,14H2. The number of hydrogen-bond acceptors (Lipinski definition) is 1. The SMILES string of the molecule is Nc1ccc(CCl)c(Cl)c1C(F)(F)F. The molecule has 0 unspecified atom stereocenters. The number of alkyl halides is 4. The first kappa shape index (κ1) is 11.5. The highest BCUT2D eigenvalue weighted by atomic mass is 35.5. The average molecular weight is 244 g/mol. The topological polar surface area (TPSA) is 26.0 Å². The van der Waals surface area contributed by atoms with E-state index in [1.54, 1.807) is 0 Å². The van der Waals surface area contributed by atoms with Gasteiger partial charge >= 0.3 is 6.18 Å². The van der Waals surface area contributed by atoms with E-state index in [9.17, 15) is 13.2 Å². The number of rotatable bonds is 1. The summed E-state index contributed by atoms with van der Waals surface area (Å²) in [4.78, 5) is 0. The Morgan fingerprint density at radius 3 is 2.29 bits per heavy atom. The Bertz CT molecular complexity index is 349. The van der Waals surface area contributed by atoms with Crippen LogP contribution in [0.25, 0.3) is 0 Å². The number of nitrogen functional groups attached to an aromatic ring is 1. The van der Waals surface area contributed by atoms with E-state index in [0.717, 1.165) is 6.07 Å². The van der Waals surface area contributed by atoms with Gasteiger partial charge < -0.3 is 5.73 Å². The predicted molar refractivity (Wildman–Crippen MR) is 50.4 cm³/mol. The second kappa shape index (κ2) is 3.87. The number of anilines is 1. The fourth-order valence-corrected chi connectivity index (χ4v) is 1.66. The minimum absolute atomic E-state index is 0.0812. The van der Waals surface area contributed by atoms with Gasteiger partial charge in [0.25, 0.3) is 0 Å². The summed E-state index contributed by atoms with van der Waals surface area (Å²) in [6.45, 7) is 0. The summed E-state index contributed by atoms with van der Waals surface area (Å²) in [7, 11) is 0. The minimum atomic E-state index is -4.55. The smallest absolute Gasteiger partial charge is 0.398 e. The molecule has 0 aliphatic rings. The molecule has 0 radical (unpaired) electrons. The molecule has 0 saturated heterocycles. The van der Waals surface area contributed by atoms with Gasteiger partial charge in [0.2, 0.25) is 0 Å². The molecule has 0 fully saturated rings. The van der Waals surface area contributed by atoms with Crippen LogP contribution in [0.3, 0.4) is 0 Å². The molecule has 0 bridgehead atoms. The Labute approximate surface area is 88.6 Å². The second-order valence-corrected chi connectivity index (χ2v) is 3.28. The third-order valence-electron chi connectivity index (χ3n) is 1.68. The molecule has 2 N–H and O–H groups in total. The Morgan fingerprint density at radius 2 is 1.86 bits per heavy atom. The molecule has 1 rings (SSSR count). The maximum Gasteiger partial charge on any atom is 0.419 e. The van der Waals surface area contributed by atoms with Crippen LogP contribution in [0.15, 0.2) is 12.1 Å². The fraction of sp³-hybridized carbons (Fsp3) is 0.250. The van der Waals surface area contributed by atoms with Gasteiger partial charge in [0, 0.05) is 11.6 Å². The van der Waals surface area contributed by atoms with Crippen molar-refractivity contribution in [3.05, 3.63) is 28.3 Å². The molecule has 0 aliphatic carbocycles. The summed E-state index contributed by atoms with van der Waals surface area (Å²) >= 11 is 10.9. The van der Waals surface area contributed by atoms with Gasteiger partial charge in [0.05, 0.1) is 10.6 Å². The van der Waals surface area contributed by atoms with Gasteiger partial charge in [-0.1, -0.05) is 17.7 Å². The van der Waals surface area contributed by atoms with E-state index in [4.69, 9.17) is 28.9 Å². The molecule has 1 aromatic carbocycles. The number of nitrogens with two attached hydrogens (primary N) is 1. The van der Waals surface area contributed by atoms with E-state index in [0.29, 0.717) is 0 Å². The zero-order chi connectivity index (χ0) is 10.9. The highest BCUT2D eigenvalue weighted by molar-refractivity contribution is 6.33. The van der Waals surface area contributed by atoms with Crippen LogP contribution in [-0.4, -0.2) is 0 Å². The molecule has 0 aromatic heterocycles. The lowest BCUT2D eigenvalue weighted by atomic mass is 10.1. The first-order chi connectivity index (χ1) is 6.38. The average Bonchev–Trinajstić information content (AvgIpc) is 2.02. The van der Waals surface area contributed by atoms with Crippen molar-refractivity contribution in [2.24, 2.45) is 0 Å². The third-order valence-corrected chi connectivity index (χ3v) is 2.40. The summed E-state index contributed by atoms with van der Waals surface area (Å²) in [6, 6.07) is 2.52. The number of hydrogen-bond donors (Lipinski definition) is 1. The molecule has 0 heterocycles. The van der Waals surface area contributed by atoms with E-state index in [-0.39, 0.29) is 11.4 Å². The van der Waals surface area contributed by atoms with Gasteiger partial charge in [-0.15, -0.1) is 11.6 Å². The van der Waals surface area contributed by atoms with E-state index in [1.165, 1.54) is 6.07 Å². The Hall–Kier alpha value is -0.610. The molecule has 1 nitrogen and oxygen atoms in total. The summed E-state index contributed by atoms with van der Waals surface area (Å²) < 4.78 is 37.3. The zero-order valence-electron chi connectivity index (χ0n) is 6.83. The van der Waals surface area contributed by atoms with Gasteiger partial charge in [0.15, 0.2) is 0 Å². The molecule has 0 saturated carbocycles. The van der Waals surface area contributed by atoms with Crippen LogP contribution in [0.1, 0.15) is 11.1 Å². The molecule has 1 aromatic rings. The highest BCUT2D eigenvalue weighted by Gasteiger charge is 2.36.